The molecule has 0 saturated heterocycles. The Balaban J connectivity index is 1.58. The molecule has 4 aromatic rings. The second kappa shape index (κ2) is 8.04. The fraction of sp³-hybridized carbons (Fsp3) is 0.200. The molecule has 0 unspecified atom stereocenters. The van der Waals surface area contributed by atoms with Gasteiger partial charge in [0.15, 0.2) is 16.6 Å². The van der Waals surface area contributed by atoms with Gasteiger partial charge in [-0.05, 0) is 48.7 Å². The predicted octanol–water partition coefficient (Wildman–Crippen LogP) is 5.53. The van der Waals surface area contributed by atoms with Crippen LogP contribution in [0.1, 0.15) is 27.0 Å². The van der Waals surface area contributed by atoms with Gasteiger partial charge in [0.2, 0.25) is 0 Å². The molecule has 0 saturated carbocycles. The van der Waals surface area contributed by atoms with Crippen molar-refractivity contribution in [2.75, 3.05) is 18.1 Å². The first kappa shape index (κ1) is 19.6. The zero-order valence-corrected chi connectivity index (χ0v) is 18.2. The monoisotopic (exact) mass is 430 g/mol. The van der Waals surface area contributed by atoms with Gasteiger partial charge < -0.3 is 9.47 Å². The summed E-state index contributed by atoms with van der Waals surface area (Å²) < 4.78 is 12.4. The number of anilines is 1. The maximum atomic E-state index is 13.7. The minimum atomic E-state index is -0.116. The van der Waals surface area contributed by atoms with Gasteiger partial charge in [-0.15, -0.1) is 0 Å². The number of benzene rings is 3. The molecular weight excluding hydrogens is 408 g/mol. The lowest BCUT2D eigenvalue weighted by atomic mass is 10.1. The Kier molecular flexibility index (Phi) is 5.08. The third kappa shape index (κ3) is 3.75. The number of hydrogen-bond donors (Lipinski definition) is 0. The van der Waals surface area contributed by atoms with E-state index in [0.29, 0.717) is 42.0 Å². The number of aryl methyl sites for hydroxylation is 2. The Bertz CT molecular complexity index is 1230. The number of aromatic nitrogens is 1. The van der Waals surface area contributed by atoms with Gasteiger partial charge in [-0.25, -0.2) is 4.98 Å². The topological polar surface area (TPSA) is 51.7 Å². The minimum absolute atomic E-state index is 0.116. The van der Waals surface area contributed by atoms with Crippen LogP contribution in [0.15, 0.2) is 60.7 Å². The van der Waals surface area contributed by atoms with E-state index < -0.39 is 0 Å². The van der Waals surface area contributed by atoms with Crippen LogP contribution in [0.5, 0.6) is 11.5 Å². The molecular formula is C25H22N2O3S. The molecule has 0 fully saturated rings. The highest BCUT2D eigenvalue weighted by atomic mass is 32.1. The second-order valence-electron chi connectivity index (χ2n) is 7.61. The summed E-state index contributed by atoms with van der Waals surface area (Å²) in [5, 5.41) is 0.691. The van der Waals surface area contributed by atoms with Crippen LogP contribution in [-0.2, 0) is 6.54 Å². The van der Waals surface area contributed by atoms with E-state index in [1.54, 1.807) is 34.4 Å². The second-order valence-corrected chi connectivity index (χ2v) is 8.59. The summed E-state index contributed by atoms with van der Waals surface area (Å²) in [5.74, 6) is 1.16. The van der Waals surface area contributed by atoms with Crippen LogP contribution in [0.25, 0.3) is 10.2 Å². The molecule has 1 aromatic heterocycles. The first-order valence-corrected chi connectivity index (χ1v) is 11.0. The summed E-state index contributed by atoms with van der Waals surface area (Å²) in [5.41, 5.74) is 4.81. The minimum Gasteiger partial charge on any atom is -0.486 e. The molecule has 0 N–H and O–H groups in total. The summed E-state index contributed by atoms with van der Waals surface area (Å²) >= 11 is 1.56. The van der Waals surface area contributed by atoms with Gasteiger partial charge in [0.1, 0.15) is 13.2 Å². The Labute approximate surface area is 184 Å². The Morgan fingerprint density at radius 3 is 2.48 bits per heavy atom. The Hall–Kier alpha value is -3.38. The van der Waals surface area contributed by atoms with Crippen molar-refractivity contribution in [2.24, 2.45) is 0 Å². The van der Waals surface area contributed by atoms with E-state index in [-0.39, 0.29) is 5.91 Å². The van der Waals surface area contributed by atoms with E-state index in [4.69, 9.17) is 14.5 Å². The number of hydrogen-bond acceptors (Lipinski definition) is 5. The SMILES string of the molecule is Cc1ccc(C)c2sc(N(Cc3ccccc3)C(=O)c3ccc4c(c3)OCCO4)nc12. The third-order valence-electron chi connectivity index (χ3n) is 5.38. The number of ether oxygens (including phenoxy) is 2. The number of fused-ring (bicyclic) bond motifs is 2. The normalized spacial score (nSPS) is 12.7. The number of thiazole rings is 1. The molecule has 1 aliphatic heterocycles. The summed E-state index contributed by atoms with van der Waals surface area (Å²) in [6.07, 6.45) is 0. The van der Waals surface area contributed by atoms with Gasteiger partial charge >= 0.3 is 0 Å². The molecule has 6 heteroatoms. The Morgan fingerprint density at radius 1 is 0.968 bits per heavy atom. The first-order chi connectivity index (χ1) is 15.1. The van der Waals surface area contributed by atoms with Crippen molar-refractivity contribution in [2.45, 2.75) is 20.4 Å². The van der Waals surface area contributed by atoms with Crippen molar-refractivity contribution < 1.29 is 14.3 Å². The molecule has 0 spiro atoms. The summed E-state index contributed by atoms with van der Waals surface area (Å²) in [7, 11) is 0. The van der Waals surface area contributed by atoms with E-state index in [1.165, 1.54) is 0 Å². The van der Waals surface area contributed by atoms with Crippen LogP contribution in [0.3, 0.4) is 0 Å². The maximum Gasteiger partial charge on any atom is 0.260 e. The molecule has 31 heavy (non-hydrogen) atoms. The van der Waals surface area contributed by atoms with E-state index in [2.05, 4.69) is 26.0 Å². The third-order valence-corrected chi connectivity index (χ3v) is 6.59. The fourth-order valence-electron chi connectivity index (χ4n) is 3.69. The van der Waals surface area contributed by atoms with E-state index >= 15 is 0 Å². The van der Waals surface area contributed by atoms with Gasteiger partial charge in [-0.1, -0.05) is 53.8 Å². The van der Waals surface area contributed by atoms with Crippen LogP contribution in [0, 0.1) is 13.8 Å². The lowest BCUT2D eigenvalue weighted by Gasteiger charge is -2.22. The predicted molar refractivity (Wildman–Crippen MR) is 123 cm³/mol. The van der Waals surface area contributed by atoms with Crippen molar-refractivity contribution in [1.82, 2.24) is 4.98 Å². The van der Waals surface area contributed by atoms with Crippen LogP contribution < -0.4 is 14.4 Å². The van der Waals surface area contributed by atoms with Gasteiger partial charge in [-0.3, -0.25) is 9.69 Å². The quantitative estimate of drug-likeness (QED) is 0.427. The smallest absolute Gasteiger partial charge is 0.260 e. The highest BCUT2D eigenvalue weighted by Crippen LogP contribution is 2.36. The molecule has 0 radical (unpaired) electrons. The van der Waals surface area contributed by atoms with Crippen LogP contribution in [0.2, 0.25) is 0 Å². The highest BCUT2D eigenvalue weighted by molar-refractivity contribution is 7.22. The molecule has 5 nitrogen and oxygen atoms in total. The average Bonchev–Trinajstić information content (AvgIpc) is 3.26. The van der Waals surface area contributed by atoms with E-state index in [1.807, 2.05) is 30.3 Å². The number of carbonyl (C=O) groups is 1. The number of carbonyl (C=O) groups excluding carboxylic acids is 1. The van der Waals surface area contributed by atoms with Crippen LogP contribution >= 0.6 is 11.3 Å². The molecule has 0 bridgehead atoms. The average molecular weight is 431 g/mol. The van der Waals surface area contributed by atoms with Crippen molar-refractivity contribution >= 4 is 32.6 Å². The van der Waals surface area contributed by atoms with E-state index in [9.17, 15) is 4.79 Å². The molecule has 3 aromatic carbocycles. The van der Waals surface area contributed by atoms with E-state index in [0.717, 1.165) is 26.9 Å². The molecule has 156 valence electrons. The highest BCUT2D eigenvalue weighted by Gasteiger charge is 2.24. The van der Waals surface area contributed by atoms with Crippen molar-refractivity contribution in [3.05, 3.63) is 82.9 Å². The molecule has 1 amide bonds. The molecule has 5 rings (SSSR count). The summed E-state index contributed by atoms with van der Waals surface area (Å²) in [6.45, 7) is 5.56. The number of nitrogens with zero attached hydrogens (tertiary/aromatic N) is 2. The summed E-state index contributed by atoms with van der Waals surface area (Å²) in [4.78, 5) is 20.3. The van der Waals surface area contributed by atoms with Crippen molar-refractivity contribution in [3.8, 4) is 11.5 Å². The lowest BCUT2D eigenvalue weighted by Crippen LogP contribution is -2.30. The standard InChI is InChI=1S/C25H22N2O3S/c1-16-8-9-17(2)23-22(16)26-25(31-23)27(15-18-6-4-3-5-7-18)24(28)19-10-11-20-21(14-19)30-13-12-29-20/h3-11,14H,12-13,15H2,1-2H3. The van der Waals surface area contributed by atoms with Gasteiger partial charge in [0.05, 0.1) is 16.8 Å². The fourth-order valence-corrected chi connectivity index (χ4v) is 4.80. The lowest BCUT2D eigenvalue weighted by molar-refractivity contribution is 0.0984. The van der Waals surface area contributed by atoms with Crippen molar-refractivity contribution in [1.29, 1.82) is 0 Å². The zero-order valence-electron chi connectivity index (χ0n) is 17.4. The summed E-state index contributed by atoms with van der Waals surface area (Å²) in [6, 6.07) is 19.5. The largest absolute Gasteiger partial charge is 0.486 e. The van der Waals surface area contributed by atoms with Crippen molar-refractivity contribution in [3.63, 3.8) is 0 Å². The Morgan fingerprint density at radius 2 is 1.71 bits per heavy atom. The number of amides is 1. The van der Waals surface area contributed by atoms with Crippen LogP contribution in [0.4, 0.5) is 5.13 Å². The van der Waals surface area contributed by atoms with Crippen LogP contribution in [-0.4, -0.2) is 24.1 Å². The molecule has 0 aliphatic carbocycles. The first-order valence-electron chi connectivity index (χ1n) is 10.2. The van der Waals surface area contributed by atoms with Gasteiger partial charge in [0, 0.05) is 5.56 Å². The molecule has 2 heterocycles. The number of rotatable bonds is 4. The zero-order chi connectivity index (χ0) is 21.4. The molecule has 1 aliphatic rings. The van der Waals surface area contributed by atoms with Gasteiger partial charge in [-0.2, -0.15) is 0 Å². The maximum absolute atomic E-state index is 13.7. The van der Waals surface area contributed by atoms with Gasteiger partial charge in [0.25, 0.3) is 5.91 Å². The molecule has 0 atom stereocenters.